The minimum absolute atomic E-state index is 0.172. The Morgan fingerprint density at radius 1 is 1.14 bits per heavy atom. The highest BCUT2D eigenvalue weighted by Gasteiger charge is 2.39. The Bertz CT molecular complexity index is 636. The van der Waals surface area contributed by atoms with Crippen LogP contribution in [0.15, 0.2) is 18.2 Å². The van der Waals surface area contributed by atoms with E-state index in [1.165, 1.54) is 75.3 Å². The Morgan fingerprint density at radius 2 is 1.86 bits per heavy atom. The molecule has 162 valence electrons. The van der Waals surface area contributed by atoms with Crippen molar-refractivity contribution in [3.05, 3.63) is 29.3 Å². The summed E-state index contributed by atoms with van der Waals surface area (Å²) < 4.78 is 5.67. The number of hydrogen-bond acceptors (Lipinski definition) is 3. The standard InChI is InChI=1S/C23H34O2.C2H4O2/c1-2-3-4-5-6-7-9-18-12-13-20-17-22-19(16-21(18)20)10-8-11-23(22)25-15-14-24;1-2(3)4/h8,10-11,14,18,20-21H,2-7,9,12-13,15-17H2,1H3;1H3,(H,3,4)/t18-,20+,21+;/m0./s1. The number of unbranched alkanes of at least 4 members (excludes halogenated alkanes) is 5. The predicted octanol–water partition coefficient (Wildman–Crippen LogP) is 5.85. The molecule has 4 heteroatoms. The lowest BCUT2D eigenvalue weighted by Crippen LogP contribution is -2.25. The minimum atomic E-state index is -0.833. The van der Waals surface area contributed by atoms with Gasteiger partial charge in [-0.2, -0.15) is 0 Å². The number of carbonyl (C=O) groups is 2. The maximum absolute atomic E-state index is 10.6. The number of ether oxygens (including phenoxy) is 1. The monoisotopic (exact) mass is 402 g/mol. The van der Waals surface area contributed by atoms with E-state index in [-0.39, 0.29) is 6.61 Å². The molecular weight excluding hydrogens is 364 g/mol. The summed E-state index contributed by atoms with van der Waals surface area (Å²) in [7, 11) is 0. The number of aldehydes is 1. The number of fused-ring (bicyclic) bond motifs is 2. The van der Waals surface area contributed by atoms with Crippen LogP contribution in [0.5, 0.6) is 5.75 Å². The van der Waals surface area contributed by atoms with E-state index in [9.17, 15) is 4.79 Å². The Balaban J connectivity index is 0.000000687. The molecule has 29 heavy (non-hydrogen) atoms. The fraction of sp³-hybridized carbons (Fsp3) is 0.680. The van der Waals surface area contributed by atoms with Crippen molar-refractivity contribution in [3.8, 4) is 5.75 Å². The van der Waals surface area contributed by atoms with Crippen molar-refractivity contribution in [2.24, 2.45) is 17.8 Å². The zero-order valence-electron chi connectivity index (χ0n) is 18.2. The van der Waals surface area contributed by atoms with Gasteiger partial charge in [0.25, 0.3) is 5.97 Å². The molecule has 0 aliphatic heterocycles. The van der Waals surface area contributed by atoms with Gasteiger partial charge in [-0.05, 0) is 60.6 Å². The second-order valence-corrected chi connectivity index (χ2v) is 8.62. The lowest BCUT2D eigenvalue weighted by Gasteiger charge is -2.32. The zero-order chi connectivity index (χ0) is 21.1. The first-order valence-electron chi connectivity index (χ1n) is 11.4. The maximum Gasteiger partial charge on any atom is 0.300 e. The molecule has 0 unspecified atom stereocenters. The Morgan fingerprint density at radius 3 is 2.59 bits per heavy atom. The number of carbonyl (C=O) groups excluding carboxylic acids is 1. The van der Waals surface area contributed by atoms with Crippen LogP contribution in [0.1, 0.15) is 82.8 Å². The van der Waals surface area contributed by atoms with Crippen LogP contribution >= 0.6 is 0 Å². The van der Waals surface area contributed by atoms with Crippen LogP contribution in [0.2, 0.25) is 0 Å². The molecule has 1 fully saturated rings. The summed E-state index contributed by atoms with van der Waals surface area (Å²) in [4.78, 5) is 19.6. The summed E-state index contributed by atoms with van der Waals surface area (Å²) >= 11 is 0. The maximum atomic E-state index is 10.6. The molecule has 3 atom stereocenters. The third-order valence-corrected chi connectivity index (χ3v) is 6.51. The van der Waals surface area contributed by atoms with Gasteiger partial charge >= 0.3 is 0 Å². The molecule has 0 amide bonds. The number of benzene rings is 1. The van der Waals surface area contributed by atoms with Gasteiger partial charge in [0.05, 0.1) is 0 Å². The van der Waals surface area contributed by atoms with E-state index in [1.807, 2.05) is 6.07 Å². The molecule has 0 radical (unpaired) electrons. The third-order valence-electron chi connectivity index (χ3n) is 6.51. The average molecular weight is 403 g/mol. The number of hydrogen-bond donors (Lipinski definition) is 1. The summed E-state index contributed by atoms with van der Waals surface area (Å²) in [5.74, 6) is 2.76. The quantitative estimate of drug-likeness (QED) is 0.394. The summed E-state index contributed by atoms with van der Waals surface area (Å²) in [6, 6.07) is 6.40. The van der Waals surface area contributed by atoms with Crippen molar-refractivity contribution in [3.63, 3.8) is 0 Å². The number of aliphatic carboxylic acids is 1. The molecule has 0 bridgehead atoms. The Kier molecular flexibility index (Phi) is 10.2. The molecule has 4 nitrogen and oxygen atoms in total. The van der Waals surface area contributed by atoms with Gasteiger partial charge in [0, 0.05) is 6.92 Å². The summed E-state index contributed by atoms with van der Waals surface area (Å²) in [6.45, 7) is 3.54. The molecule has 3 rings (SSSR count). The van der Waals surface area contributed by atoms with Crippen molar-refractivity contribution in [2.75, 3.05) is 6.61 Å². The van der Waals surface area contributed by atoms with Crippen LogP contribution in [0.4, 0.5) is 0 Å². The lowest BCUT2D eigenvalue weighted by molar-refractivity contribution is -0.134. The smallest absolute Gasteiger partial charge is 0.300 e. The topological polar surface area (TPSA) is 63.6 Å². The summed E-state index contributed by atoms with van der Waals surface area (Å²) in [6.07, 6.45) is 15.9. The van der Waals surface area contributed by atoms with Gasteiger partial charge < -0.3 is 9.84 Å². The van der Waals surface area contributed by atoms with Crippen molar-refractivity contribution in [1.82, 2.24) is 0 Å². The predicted molar refractivity (Wildman–Crippen MR) is 116 cm³/mol. The number of rotatable bonds is 10. The minimum Gasteiger partial charge on any atom is -0.486 e. The molecule has 1 N–H and O–H groups in total. The van der Waals surface area contributed by atoms with Gasteiger partial charge in [0.2, 0.25) is 0 Å². The van der Waals surface area contributed by atoms with Crippen LogP contribution < -0.4 is 4.74 Å². The molecule has 0 heterocycles. The molecule has 1 saturated carbocycles. The summed E-state index contributed by atoms with van der Waals surface area (Å²) in [5, 5.41) is 7.42. The normalized spacial score (nSPS) is 22.1. The molecule has 1 aromatic carbocycles. The van der Waals surface area contributed by atoms with Gasteiger partial charge in [0.1, 0.15) is 12.4 Å². The molecule has 2 aliphatic carbocycles. The first-order chi connectivity index (χ1) is 14.1. The summed E-state index contributed by atoms with van der Waals surface area (Å²) in [5.41, 5.74) is 2.85. The van der Waals surface area contributed by atoms with Crippen LogP contribution in [0.3, 0.4) is 0 Å². The fourth-order valence-corrected chi connectivity index (χ4v) is 5.18. The molecular formula is C25H38O4. The first-order valence-corrected chi connectivity index (χ1v) is 11.4. The van der Waals surface area contributed by atoms with Gasteiger partial charge in [-0.25, -0.2) is 0 Å². The van der Waals surface area contributed by atoms with Gasteiger partial charge in [0.15, 0.2) is 6.29 Å². The second kappa shape index (κ2) is 12.7. The van der Waals surface area contributed by atoms with Crippen molar-refractivity contribution in [1.29, 1.82) is 0 Å². The Hall–Kier alpha value is -1.84. The van der Waals surface area contributed by atoms with Crippen molar-refractivity contribution < 1.29 is 19.4 Å². The molecule has 0 aromatic heterocycles. The third kappa shape index (κ3) is 7.49. The van der Waals surface area contributed by atoms with Crippen LogP contribution in [0, 0.1) is 17.8 Å². The van der Waals surface area contributed by atoms with E-state index >= 15 is 0 Å². The first kappa shape index (κ1) is 23.4. The number of carboxylic acids is 1. The van der Waals surface area contributed by atoms with Crippen LogP contribution in [-0.2, 0) is 22.4 Å². The largest absolute Gasteiger partial charge is 0.486 e. The molecule has 0 saturated heterocycles. The van der Waals surface area contributed by atoms with Gasteiger partial charge in [-0.3, -0.25) is 9.59 Å². The molecule has 1 aromatic rings. The van der Waals surface area contributed by atoms with Crippen molar-refractivity contribution in [2.45, 2.75) is 84.5 Å². The lowest BCUT2D eigenvalue weighted by atomic mass is 9.73. The van der Waals surface area contributed by atoms with E-state index in [1.54, 1.807) is 0 Å². The van der Waals surface area contributed by atoms with E-state index < -0.39 is 5.97 Å². The fourth-order valence-electron chi connectivity index (χ4n) is 5.18. The second-order valence-electron chi connectivity index (χ2n) is 8.62. The molecule has 0 spiro atoms. The average Bonchev–Trinajstić information content (AvgIpc) is 3.09. The highest BCUT2D eigenvalue weighted by atomic mass is 16.5. The van der Waals surface area contributed by atoms with E-state index in [0.29, 0.717) is 0 Å². The van der Waals surface area contributed by atoms with Gasteiger partial charge in [-0.15, -0.1) is 0 Å². The Labute approximate surface area is 176 Å². The SMILES string of the molecule is CC(=O)O.CCCCCCCC[C@H]1CC[C@@H]2Cc3c(cccc3OCC=O)C[C@H]12. The van der Waals surface area contributed by atoms with E-state index in [0.717, 1.165) is 43.1 Å². The van der Waals surface area contributed by atoms with Crippen LogP contribution in [0.25, 0.3) is 0 Å². The van der Waals surface area contributed by atoms with E-state index in [2.05, 4.69) is 19.1 Å². The van der Waals surface area contributed by atoms with Crippen molar-refractivity contribution >= 4 is 12.3 Å². The van der Waals surface area contributed by atoms with Crippen LogP contribution in [-0.4, -0.2) is 24.0 Å². The number of carboxylic acid groups (broad SMARTS) is 1. The van der Waals surface area contributed by atoms with Gasteiger partial charge in [-0.1, -0.05) is 64.0 Å². The highest BCUT2D eigenvalue weighted by Crippen LogP contribution is 2.48. The molecule has 2 aliphatic rings. The highest BCUT2D eigenvalue weighted by molar-refractivity contribution is 5.63. The van der Waals surface area contributed by atoms with E-state index in [4.69, 9.17) is 14.6 Å². The zero-order valence-corrected chi connectivity index (χ0v) is 18.2.